The number of rotatable bonds is 3. The molecule has 1 aromatic carbocycles. The van der Waals surface area contributed by atoms with Gasteiger partial charge in [-0.2, -0.15) is 0 Å². The number of carboxylic acids is 2. The zero-order valence-corrected chi connectivity index (χ0v) is 16.6. The fourth-order valence-electron chi connectivity index (χ4n) is 1.76. The Balaban J connectivity index is 2.78. The zero-order valence-electron chi connectivity index (χ0n) is 12.1. The Bertz CT molecular complexity index is 830. The molecule has 1 aromatic heterocycles. The molecular formula is C13H5Cl6N3O4. The summed E-state index contributed by atoms with van der Waals surface area (Å²) < 4.78 is -4.22. The Morgan fingerprint density at radius 2 is 1.12 bits per heavy atom. The fraction of sp³-hybridized carbons (Fsp3) is 0.154. The van der Waals surface area contributed by atoms with Crippen molar-refractivity contribution < 1.29 is 19.8 Å². The molecule has 26 heavy (non-hydrogen) atoms. The van der Waals surface area contributed by atoms with Gasteiger partial charge in [-0.1, -0.05) is 69.6 Å². The Kier molecular flexibility index (Phi) is 6.12. The number of carboxylic acid groups (broad SMARTS) is 2. The molecule has 0 fully saturated rings. The highest BCUT2D eigenvalue weighted by molar-refractivity contribution is 6.67. The van der Waals surface area contributed by atoms with Gasteiger partial charge in [0, 0.05) is 5.56 Å². The van der Waals surface area contributed by atoms with E-state index in [0.717, 1.165) is 18.2 Å². The van der Waals surface area contributed by atoms with Crippen LogP contribution in [0.2, 0.25) is 0 Å². The topological polar surface area (TPSA) is 113 Å². The van der Waals surface area contributed by atoms with Crippen LogP contribution in [0.15, 0.2) is 18.2 Å². The van der Waals surface area contributed by atoms with Crippen molar-refractivity contribution in [2.24, 2.45) is 0 Å². The molecule has 0 atom stereocenters. The minimum absolute atomic E-state index is 0.0179. The summed E-state index contributed by atoms with van der Waals surface area (Å²) in [5, 5.41) is 18.3. The third kappa shape index (κ3) is 5.00. The number of carbonyl (C=O) groups is 2. The molecule has 0 radical (unpaired) electrons. The molecule has 2 rings (SSSR count). The first-order chi connectivity index (χ1) is 11.8. The second-order valence-electron chi connectivity index (χ2n) is 4.71. The largest absolute Gasteiger partial charge is 0.478 e. The number of nitrogens with zero attached hydrogens (tertiary/aromatic N) is 3. The molecule has 1 heterocycles. The van der Waals surface area contributed by atoms with E-state index in [1.807, 2.05) is 0 Å². The summed E-state index contributed by atoms with van der Waals surface area (Å²) in [6.07, 6.45) is 0. The van der Waals surface area contributed by atoms with Crippen LogP contribution in [0.4, 0.5) is 0 Å². The first kappa shape index (κ1) is 21.2. The average molecular weight is 480 g/mol. The molecule has 0 bridgehead atoms. The molecule has 0 spiro atoms. The van der Waals surface area contributed by atoms with Crippen molar-refractivity contribution in [1.82, 2.24) is 15.0 Å². The van der Waals surface area contributed by atoms with Crippen LogP contribution < -0.4 is 0 Å². The number of halogens is 6. The molecule has 0 aliphatic rings. The first-order valence-corrected chi connectivity index (χ1v) is 8.58. The van der Waals surface area contributed by atoms with Crippen LogP contribution in [0.1, 0.15) is 32.4 Å². The van der Waals surface area contributed by atoms with Crippen molar-refractivity contribution in [3.63, 3.8) is 0 Å². The average Bonchev–Trinajstić information content (AvgIpc) is 2.52. The van der Waals surface area contributed by atoms with Crippen LogP contribution in [0.25, 0.3) is 11.4 Å². The molecule has 138 valence electrons. The van der Waals surface area contributed by atoms with Crippen molar-refractivity contribution in [2.75, 3.05) is 0 Å². The van der Waals surface area contributed by atoms with Gasteiger partial charge in [0.2, 0.25) is 7.59 Å². The molecule has 7 nitrogen and oxygen atoms in total. The summed E-state index contributed by atoms with van der Waals surface area (Å²) in [6, 6.07) is 3.20. The summed E-state index contributed by atoms with van der Waals surface area (Å²) in [5.41, 5.74) is -0.673. The number of aromatic nitrogens is 3. The number of aromatic carboxylic acids is 2. The minimum atomic E-state index is -2.11. The maximum absolute atomic E-state index is 11.2. The van der Waals surface area contributed by atoms with Gasteiger partial charge in [0.15, 0.2) is 17.5 Å². The lowest BCUT2D eigenvalue weighted by Crippen LogP contribution is -2.17. The smallest absolute Gasteiger partial charge is 0.335 e. The van der Waals surface area contributed by atoms with Crippen LogP contribution in [0, 0.1) is 0 Å². The highest BCUT2D eigenvalue weighted by atomic mass is 35.6. The third-order valence-corrected chi connectivity index (χ3v) is 3.84. The van der Waals surface area contributed by atoms with E-state index in [1.54, 1.807) is 0 Å². The summed E-state index contributed by atoms with van der Waals surface area (Å²) in [4.78, 5) is 34.1. The van der Waals surface area contributed by atoms with Gasteiger partial charge < -0.3 is 10.2 Å². The van der Waals surface area contributed by atoms with E-state index in [-0.39, 0.29) is 22.5 Å². The molecule has 13 heteroatoms. The normalized spacial score (nSPS) is 12.1. The van der Waals surface area contributed by atoms with E-state index in [0.29, 0.717) is 0 Å². The number of hydrogen-bond donors (Lipinski definition) is 2. The third-order valence-electron chi connectivity index (χ3n) is 2.83. The zero-order chi connectivity index (χ0) is 19.9. The Hall–Kier alpha value is -1.09. The predicted octanol–water partition coefficient (Wildman–Crippen LogP) is 4.59. The van der Waals surface area contributed by atoms with Gasteiger partial charge in [-0.15, -0.1) is 0 Å². The van der Waals surface area contributed by atoms with Crippen LogP contribution in [0.5, 0.6) is 0 Å². The van der Waals surface area contributed by atoms with Gasteiger partial charge in [0.1, 0.15) is 0 Å². The van der Waals surface area contributed by atoms with E-state index in [4.69, 9.17) is 79.8 Å². The van der Waals surface area contributed by atoms with Gasteiger partial charge in [-0.05, 0) is 18.2 Å². The van der Waals surface area contributed by atoms with Crippen LogP contribution in [-0.2, 0) is 7.59 Å². The molecule has 0 unspecified atom stereocenters. The van der Waals surface area contributed by atoms with Gasteiger partial charge in [-0.3, -0.25) is 0 Å². The van der Waals surface area contributed by atoms with E-state index < -0.39 is 31.2 Å². The standard InChI is InChI=1S/C13H5Cl6N3O4/c14-12(15,16)10-20-7(21-11(22-10)13(17,18)19)4-1-5(8(23)24)3-6(2-4)9(25)26/h1-3H,(H,23,24)(H,25,26). The Morgan fingerprint density at radius 1 is 0.731 bits per heavy atom. The van der Waals surface area contributed by atoms with E-state index >= 15 is 0 Å². The molecule has 0 amide bonds. The fourth-order valence-corrected chi connectivity index (χ4v) is 2.27. The highest BCUT2D eigenvalue weighted by Gasteiger charge is 2.34. The molecule has 0 aliphatic carbocycles. The van der Waals surface area contributed by atoms with Crippen molar-refractivity contribution in [1.29, 1.82) is 0 Å². The molecule has 2 N–H and O–H groups in total. The van der Waals surface area contributed by atoms with Crippen LogP contribution in [0.3, 0.4) is 0 Å². The van der Waals surface area contributed by atoms with Gasteiger partial charge in [0.25, 0.3) is 0 Å². The SMILES string of the molecule is O=C(O)c1cc(C(=O)O)cc(-c2nc(C(Cl)(Cl)Cl)nc(C(Cl)(Cl)Cl)n2)c1. The van der Waals surface area contributed by atoms with E-state index in [1.165, 1.54) is 0 Å². The maximum atomic E-state index is 11.2. The molecule has 0 saturated heterocycles. The second-order valence-corrected chi connectivity index (χ2v) is 9.27. The van der Waals surface area contributed by atoms with Crippen molar-refractivity contribution in [3.8, 4) is 11.4 Å². The molecule has 0 saturated carbocycles. The predicted molar refractivity (Wildman–Crippen MR) is 97.7 cm³/mol. The van der Waals surface area contributed by atoms with Crippen molar-refractivity contribution in [3.05, 3.63) is 41.0 Å². The molecule has 0 aliphatic heterocycles. The lowest BCUT2D eigenvalue weighted by atomic mass is 10.0. The quantitative estimate of drug-likeness (QED) is 0.619. The number of hydrogen-bond acceptors (Lipinski definition) is 5. The van der Waals surface area contributed by atoms with Gasteiger partial charge in [0.05, 0.1) is 11.1 Å². The maximum Gasteiger partial charge on any atom is 0.335 e. The first-order valence-electron chi connectivity index (χ1n) is 6.31. The monoisotopic (exact) mass is 477 g/mol. The highest BCUT2D eigenvalue weighted by Crippen LogP contribution is 2.40. The summed E-state index contributed by atoms with van der Waals surface area (Å²) in [5.74, 6) is -3.77. The van der Waals surface area contributed by atoms with Crippen LogP contribution in [-0.4, -0.2) is 37.1 Å². The molecule has 2 aromatic rings. The van der Waals surface area contributed by atoms with E-state index in [2.05, 4.69) is 15.0 Å². The summed E-state index contributed by atoms with van der Waals surface area (Å²) >= 11 is 34.6. The van der Waals surface area contributed by atoms with Crippen molar-refractivity contribution >= 4 is 81.5 Å². The second kappa shape index (κ2) is 7.50. The number of benzene rings is 1. The van der Waals surface area contributed by atoms with Gasteiger partial charge >= 0.3 is 11.9 Å². The molecular weight excluding hydrogens is 475 g/mol. The van der Waals surface area contributed by atoms with E-state index in [9.17, 15) is 9.59 Å². The minimum Gasteiger partial charge on any atom is -0.478 e. The summed E-state index contributed by atoms with van der Waals surface area (Å²) in [7, 11) is 0. The number of alkyl halides is 6. The Labute approximate surface area is 175 Å². The summed E-state index contributed by atoms with van der Waals surface area (Å²) in [6.45, 7) is 0. The van der Waals surface area contributed by atoms with Crippen LogP contribution >= 0.6 is 69.6 Å². The lowest BCUT2D eigenvalue weighted by Gasteiger charge is -2.16. The Morgan fingerprint density at radius 3 is 1.42 bits per heavy atom. The van der Waals surface area contributed by atoms with Crippen molar-refractivity contribution in [2.45, 2.75) is 7.59 Å². The lowest BCUT2D eigenvalue weighted by molar-refractivity contribution is 0.0696. The van der Waals surface area contributed by atoms with Gasteiger partial charge in [-0.25, -0.2) is 24.5 Å².